The van der Waals surface area contributed by atoms with Gasteiger partial charge in [0.2, 0.25) is 5.91 Å². The molecule has 0 saturated carbocycles. The lowest BCUT2D eigenvalue weighted by atomic mass is 9.97. The van der Waals surface area contributed by atoms with Crippen molar-refractivity contribution in [3.8, 4) is 0 Å². The van der Waals surface area contributed by atoms with Crippen LogP contribution in [0.4, 0.5) is 0 Å². The third-order valence-corrected chi connectivity index (χ3v) is 6.76. The van der Waals surface area contributed by atoms with E-state index in [1.807, 2.05) is 18.7 Å². The van der Waals surface area contributed by atoms with Crippen LogP contribution in [0.15, 0.2) is 0 Å². The molecule has 0 aromatic carbocycles. The van der Waals surface area contributed by atoms with Crippen LogP contribution in [-0.2, 0) is 9.53 Å². The smallest absolute Gasteiger partial charge is 0.265 e. The van der Waals surface area contributed by atoms with Crippen LogP contribution in [0.25, 0.3) is 0 Å². The molecule has 2 saturated heterocycles. The van der Waals surface area contributed by atoms with Crippen LogP contribution in [-0.4, -0.2) is 61.0 Å². The molecule has 3 unspecified atom stereocenters. The molecule has 3 rings (SSSR count). The summed E-state index contributed by atoms with van der Waals surface area (Å²) in [6, 6.07) is -0.0487. The highest BCUT2D eigenvalue weighted by Gasteiger charge is 2.29. The Labute approximate surface area is 189 Å². The molecule has 1 aromatic rings. The number of hydrogen-bond acceptors (Lipinski definition) is 6. The summed E-state index contributed by atoms with van der Waals surface area (Å²) in [4.78, 5) is 32.3. The van der Waals surface area contributed by atoms with E-state index in [4.69, 9.17) is 4.74 Å². The Morgan fingerprint density at radius 2 is 2.10 bits per heavy atom. The summed E-state index contributed by atoms with van der Waals surface area (Å²) in [5, 5.41) is 7.12. The van der Waals surface area contributed by atoms with Gasteiger partial charge in [0.25, 0.3) is 5.91 Å². The first-order valence-electron chi connectivity index (χ1n) is 9.80. The number of amides is 2. The maximum absolute atomic E-state index is 13.0. The van der Waals surface area contributed by atoms with Crippen LogP contribution in [0.3, 0.4) is 0 Å². The van der Waals surface area contributed by atoms with Crippen LogP contribution in [0.5, 0.6) is 0 Å². The van der Waals surface area contributed by atoms with E-state index >= 15 is 0 Å². The van der Waals surface area contributed by atoms with Crippen molar-refractivity contribution in [3.05, 3.63) is 15.6 Å². The molecule has 3 heterocycles. The second kappa shape index (κ2) is 12.1. The van der Waals surface area contributed by atoms with Crippen LogP contribution in [0, 0.1) is 12.8 Å². The van der Waals surface area contributed by atoms with Crippen LogP contribution >= 0.6 is 36.2 Å². The second-order valence-corrected chi connectivity index (χ2v) is 8.53. The number of piperidine rings is 1. The van der Waals surface area contributed by atoms with Crippen molar-refractivity contribution in [2.24, 2.45) is 5.92 Å². The number of carbonyl (C=O) groups is 2. The summed E-state index contributed by atoms with van der Waals surface area (Å²) < 4.78 is 5.32. The lowest BCUT2D eigenvalue weighted by Crippen LogP contribution is -2.46. The lowest BCUT2D eigenvalue weighted by molar-refractivity contribution is -0.123. The minimum Gasteiger partial charge on any atom is -0.375 e. The van der Waals surface area contributed by atoms with E-state index in [9.17, 15) is 9.59 Å². The van der Waals surface area contributed by atoms with Gasteiger partial charge in [-0.1, -0.05) is 0 Å². The summed E-state index contributed by atoms with van der Waals surface area (Å²) in [7, 11) is 1.65. The zero-order valence-corrected chi connectivity index (χ0v) is 19.7. The maximum Gasteiger partial charge on any atom is 0.265 e. The fourth-order valence-corrected chi connectivity index (χ4v) is 4.79. The van der Waals surface area contributed by atoms with Gasteiger partial charge in [0.15, 0.2) is 0 Å². The van der Waals surface area contributed by atoms with Crippen molar-refractivity contribution in [1.29, 1.82) is 0 Å². The fourth-order valence-electron chi connectivity index (χ4n) is 3.73. The molecule has 10 heteroatoms. The normalized spacial score (nSPS) is 22.4. The molecule has 0 bridgehead atoms. The highest BCUT2D eigenvalue weighted by atomic mass is 35.5. The zero-order valence-electron chi connectivity index (χ0n) is 17.2. The Bertz CT molecular complexity index is 682. The van der Waals surface area contributed by atoms with Gasteiger partial charge in [0.1, 0.15) is 16.0 Å². The minimum atomic E-state index is -0.108. The molecule has 166 valence electrons. The standard InChI is InChI=1S/C19H30N4O3S.2ClH/c1-12-16(27-18(22-12)13(2)26-3)19(25)23-9-5-6-14(11-23)10-21-17(24)15-7-4-8-20-15;;/h13-15,20H,4-11H2,1-3H3,(H,21,24);2*1H. The number of rotatable bonds is 6. The van der Waals surface area contributed by atoms with Gasteiger partial charge in [-0.05, 0) is 52.0 Å². The number of methoxy groups -OCH3 is 1. The Morgan fingerprint density at radius 1 is 1.34 bits per heavy atom. The molecule has 2 aliphatic heterocycles. The van der Waals surface area contributed by atoms with E-state index < -0.39 is 0 Å². The summed E-state index contributed by atoms with van der Waals surface area (Å²) in [5.41, 5.74) is 0.770. The number of nitrogens with one attached hydrogen (secondary N) is 2. The number of thiazole rings is 1. The Hall–Kier alpha value is -0.930. The Morgan fingerprint density at radius 3 is 2.76 bits per heavy atom. The minimum absolute atomic E-state index is 0. The Kier molecular flexibility index (Phi) is 10.8. The molecule has 2 fully saturated rings. The highest BCUT2D eigenvalue weighted by Crippen LogP contribution is 2.28. The average molecular weight is 467 g/mol. The summed E-state index contributed by atoms with van der Waals surface area (Å²) in [6.07, 6.45) is 3.86. The van der Waals surface area contributed by atoms with Gasteiger partial charge < -0.3 is 20.3 Å². The maximum atomic E-state index is 13.0. The van der Waals surface area contributed by atoms with Crippen LogP contribution in [0.2, 0.25) is 0 Å². The SMILES string of the molecule is COC(C)c1nc(C)c(C(=O)N2CCCC(CNC(=O)C3CCCN3)C2)s1.Cl.Cl. The first kappa shape index (κ1) is 26.1. The molecule has 7 nitrogen and oxygen atoms in total. The Balaban J connectivity index is 0.00000210. The fraction of sp³-hybridized carbons (Fsp3) is 0.737. The number of nitrogens with zero attached hydrogens (tertiary/aromatic N) is 2. The van der Waals surface area contributed by atoms with Gasteiger partial charge in [0.05, 0.1) is 11.7 Å². The number of carbonyl (C=O) groups excluding carboxylic acids is 2. The molecule has 3 atom stereocenters. The van der Waals surface area contributed by atoms with E-state index in [0.717, 1.165) is 49.5 Å². The van der Waals surface area contributed by atoms with Crippen molar-refractivity contribution in [2.45, 2.75) is 51.7 Å². The first-order valence-corrected chi connectivity index (χ1v) is 10.6. The molecule has 1 aromatic heterocycles. The highest BCUT2D eigenvalue weighted by molar-refractivity contribution is 7.13. The van der Waals surface area contributed by atoms with Gasteiger partial charge in [-0.2, -0.15) is 0 Å². The van der Waals surface area contributed by atoms with E-state index in [1.165, 1.54) is 11.3 Å². The van der Waals surface area contributed by atoms with Crippen molar-refractivity contribution in [2.75, 3.05) is 33.3 Å². The molecule has 2 amide bonds. The number of ether oxygens (including phenoxy) is 1. The van der Waals surface area contributed by atoms with E-state index in [0.29, 0.717) is 23.9 Å². The summed E-state index contributed by atoms with van der Waals surface area (Å²) >= 11 is 1.42. The quantitative estimate of drug-likeness (QED) is 0.672. The number of hydrogen-bond donors (Lipinski definition) is 2. The molecule has 0 radical (unpaired) electrons. The molecule has 2 aliphatic rings. The third kappa shape index (κ3) is 6.52. The van der Waals surface area contributed by atoms with Crippen molar-refractivity contribution in [3.63, 3.8) is 0 Å². The number of aryl methyl sites for hydroxylation is 1. The van der Waals surface area contributed by atoms with Crippen molar-refractivity contribution >= 4 is 48.0 Å². The van der Waals surface area contributed by atoms with Crippen molar-refractivity contribution < 1.29 is 14.3 Å². The molecular formula is C19H32Cl2N4O3S. The van der Waals surface area contributed by atoms with E-state index in [-0.39, 0.29) is 48.8 Å². The lowest BCUT2D eigenvalue weighted by Gasteiger charge is -2.33. The summed E-state index contributed by atoms with van der Waals surface area (Å²) in [5.74, 6) is 0.444. The van der Waals surface area contributed by atoms with Gasteiger partial charge in [-0.15, -0.1) is 36.2 Å². The van der Waals surface area contributed by atoms with Gasteiger partial charge in [-0.3, -0.25) is 9.59 Å². The van der Waals surface area contributed by atoms with E-state index in [1.54, 1.807) is 7.11 Å². The largest absolute Gasteiger partial charge is 0.375 e. The molecule has 2 N–H and O–H groups in total. The zero-order chi connectivity index (χ0) is 19.4. The van der Waals surface area contributed by atoms with Crippen LogP contribution in [0.1, 0.15) is 59.1 Å². The number of likely N-dealkylation sites (tertiary alicyclic amines) is 1. The average Bonchev–Trinajstić information content (AvgIpc) is 3.35. The van der Waals surface area contributed by atoms with Gasteiger partial charge >= 0.3 is 0 Å². The van der Waals surface area contributed by atoms with Crippen LogP contribution < -0.4 is 10.6 Å². The molecule has 0 spiro atoms. The monoisotopic (exact) mass is 466 g/mol. The molecular weight excluding hydrogens is 435 g/mol. The van der Waals surface area contributed by atoms with E-state index in [2.05, 4.69) is 15.6 Å². The molecule has 29 heavy (non-hydrogen) atoms. The van der Waals surface area contributed by atoms with Gasteiger partial charge in [0, 0.05) is 26.7 Å². The predicted molar refractivity (Wildman–Crippen MR) is 119 cm³/mol. The predicted octanol–water partition coefficient (Wildman–Crippen LogP) is 2.72. The second-order valence-electron chi connectivity index (χ2n) is 7.50. The van der Waals surface area contributed by atoms with Gasteiger partial charge in [-0.25, -0.2) is 4.98 Å². The molecule has 0 aliphatic carbocycles. The third-order valence-electron chi connectivity index (χ3n) is 5.46. The van der Waals surface area contributed by atoms with Crippen molar-refractivity contribution in [1.82, 2.24) is 20.5 Å². The topological polar surface area (TPSA) is 83.6 Å². The number of halogens is 2. The number of aromatic nitrogens is 1. The summed E-state index contributed by atoms with van der Waals surface area (Å²) in [6.45, 7) is 6.82. The first-order chi connectivity index (χ1) is 13.0.